The number of aryl methyl sites for hydroxylation is 2. The van der Waals surface area contributed by atoms with E-state index >= 15 is 0 Å². The van der Waals surface area contributed by atoms with Crippen molar-refractivity contribution in [2.75, 3.05) is 6.54 Å². The molecule has 2 N–H and O–H groups in total. The van der Waals surface area contributed by atoms with Crippen LogP contribution < -0.4 is 5.73 Å². The van der Waals surface area contributed by atoms with Crippen LogP contribution in [0, 0.1) is 6.92 Å². The van der Waals surface area contributed by atoms with Crippen LogP contribution in [0.3, 0.4) is 0 Å². The first-order valence-electron chi connectivity index (χ1n) is 3.69. The quantitative estimate of drug-likeness (QED) is 0.778. The summed E-state index contributed by atoms with van der Waals surface area (Å²) < 4.78 is 0. The average Bonchev–Trinajstić information content (AvgIpc) is 2.28. The van der Waals surface area contributed by atoms with E-state index in [4.69, 9.17) is 17.3 Å². The second-order valence-corrected chi connectivity index (χ2v) is 4.26. The van der Waals surface area contributed by atoms with Gasteiger partial charge in [0.15, 0.2) is 0 Å². The molecular weight excluding hydrogens is 178 g/mol. The number of hydrogen-bond donors (Lipinski definition) is 1. The first-order valence-corrected chi connectivity index (χ1v) is 4.88. The van der Waals surface area contributed by atoms with E-state index in [1.807, 2.05) is 13.0 Å². The molecule has 1 aromatic heterocycles. The molecule has 0 saturated heterocycles. The molecule has 0 aromatic carbocycles. The molecule has 1 aromatic rings. The maximum Gasteiger partial charge on any atom is 0.0545 e. The van der Waals surface area contributed by atoms with E-state index in [0.29, 0.717) is 0 Å². The third kappa shape index (κ3) is 2.47. The lowest BCUT2D eigenvalue weighted by Gasteiger charge is -1.91. The molecule has 0 atom stereocenters. The normalized spacial score (nSPS) is 10.5. The molecule has 1 nitrogen and oxygen atoms in total. The molecule has 0 fully saturated rings. The Labute approximate surface area is 76.2 Å². The van der Waals surface area contributed by atoms with Crippen LogP contribution in [0.5, 0.6) is 0 Å². The zero-order valence-corrected chi connectivity index (χ0v) is 8.13. The van der Waals surface area contributed by atoms with E-state index in [1.165, 1.54) is 9.75 Å². The minimum Gasteiger partial charge on any atom is -0.330 e. The van der Waals surface area contributed by atoms with Crippen LogP contribution in [0.1, 0.15) is 16.2 Å². The number of hydrogen-bond acceptors (Lipinski definition) is 2. The minimum absolute atomic E-state index is 0.758. The summed E-state index contributed by atoms with van der Waals surface area (Å²) in [4.78, 5) is 2.55. The monoisotopic (exact) mass is 189 g/mol. The first kappa shape index (κ1) is 9.04. The second kappa shape index (κ2) is 4.10. The highest BCUT2D eigenvalue weighted by Crippen LogP contribution is 2.26. The van der Waals surface area contributed by atoms with Crippen LogP contribution in [0.2, 0.25) is 5.02 Å². The maximum absolute atomic E-state index is 5.89. The Hall–Kier alpha value is -0.0500. The Bertz CT molecular complexity index is 212. The van der Waals surface area contributed by atoms with E-state index in [0.717, 1.165) is 24.4 Å². The van der Waals surface area contributed by atoms with Crippen molar-refractivity contribution >= 4 is 22.9 Å². The SMILES string of the molecule is Cc1sc(CCCN)cc1Cl. The molecule has 1 heterocycles. The molecular formula is C8H12ClNS. The summed E-state index contributed by atoms with van der Waals surface area (Å²) >= 11 is 7.65. The van der Waals surface area contributed by atoms with Crippen molar-refractivity contribution in [2.24, 2.45) is 5.73 Å². The first-order chi connectivity index (χ1) is 5.24. The van der Waals surface area contributed by atoms with E-state index < -0.39 is 0 Å². The molecule has 3 heteroatoms. The van der Waals surface area contributed by atoms with Crippen molar-refractivity contribution < 1.29 is 0 Å². The fourth-order valence-electron chi connectivity index (χ4n) is 0.917. The van der Waals surface area contributed by atoms with Crippen LogP contribution in [0.15, 0.2) is 6.07 Å². The van der Waals surface area contributed by atoms with Crippen LogP contribution in [-0.2, 0) is 6.42 Å². The zero-order valence-electron chi connectivity index (χ0n) is 6.56. The van der Waals surface area contributed by atoms with Crippen molar-refractivity contribution in [3.63, 3.8) is 0 Å². The summed E-state index contributed by atoms with van der Waals surface area (Å²) in [6.07, 6.45) is 2.12. The van der Waals surface area contributed by atoms with Crippen LogP contribution in [-0.4, -0.2) is 6.54 Å². The van der Waals surface area contributed by atoms with Gasteiger partial charge in [-0.15, -0.1) is 11.3 Å². The summed E-state index contributed by atoms with van der Waals surface area (Å²) in [5, 5.41) is 0.891. The summed E-state index contributed by atoms with van der Waals surface area (Å²) in [7, 11) is 0. The van der Waals surface area contributed by atoms with Gasteiger partial charge in [-0.3, -0.25) is 0 Å². The van der Waals surface area contributed by atoms with Gasteiger partial charge in [0.25, 0.3) is 0 Å². The van der Waals surface area contributed by atoms with Gasteiger partial charge in [0.1, 0.15) is 0 Å². The fourth-order valence-corrected chi connectivity index (χ4v) is 2.20. The van der Waals surface area contributed by atoms with Gasteiger partial charge in [-0.1, -0.05) is 11.6 Å². The Kier molecular flexibility index (Phi) is 3.37. The Morgan fingerprint density at radius 1 is 1.64 bits per heavy atom. The van der Waals surface area contributed by atoms with Gasteiger partial charge in [-0.05, 0) is 32.4 Å². The van der Waals surface area contributed by atoms with Crippen LogP contribution >= 0.6 is 22.9 Å². The molecule has 0 spiro atoms. The van der Waals surface area contributed by atoms with E-state index in [9.17, 15) is 0 Å². The predicted octanol–water partition coefficient (Wildman–Crippen LogP) is 2.60. The Morgan fingerprint density at radius 3 is 2.82 bits per heavy atom. The predicted molar refractivity (Wildman–Crippen MR) is 51.4 cm³/mol. The summed E-state index contributed by atoms with van der Waals surface area (Å²) in [6.45, 7) is 2.80. The molecule has 0 bridgehead atoms. The molecule has 11 heavy (non-hydrogen) atoms. The Morgan fingerprint density at radius 2 is 2.36 bits per heavy atom. The third-order valence-electron chi connectivity index (χ3n) is 1.54. The smallest absolute Gasteiger partial charge is 0.0545 e. The maximum atomic E-state index is 5.89. The molecule has 0 amide bonds. The molecule has 62 valence electrons. The number of thiophene rings is 1. The lowest BCUT2D eigenvalue weighted by Crippen LogP contribution is -1.99. The lowest BCUT2D eigenvalue weighted by molar-refractivity contribution is 0.843. The second-order valence-electron chi connectivity index (χ2n) is 2.51. The summed E-state index contributed by atoms with van der Waals surface area (Å²) in [5.74, 6) is 0. The molecule has 0 aliphatic rings. The van der Waals surface area contributed by atoms with Crippen molar-refractivity contribution in [3.05, 3.63) is 20.8 Å². The van der Waals surface area contributed by atoms with E-state index in [1.54, 1.807) is 11.3 Å². The number of nitrogens with two attached hydrogens (primary N) is 1. The molecule has 0 aliphatic carbocycles. The van der Waals surface area contributed by atoms with Gasteiger partial charge >= 0.3 is 0 Å². The largest absolute Gasteiger partial charge is 0.330 e. The molecule has 0 unspecified atom stereocenters. The van der Waals surface area contributed by atoms with Gasteiger partial charge in [0.2, 0.25) is 0 Å². The minimum atomic E-state index is 0.758. The average molecular weight is 190 g/mol. The fraction of sp³-hybridized carbons (Fsp3) is 0.500. The van der Waals surface area contributed by atoms with Crippen LogP contribution in [0.25, 0.3) is 0 Å². The van der Waals surface area contributed by atoms with Crippen molar-refractivity contribution in [3.8, 4) is 0 Å². The summed E-state index contributed by atoms with van der Waals surface area (Å²) in [6, 6.07) is 2.04. The van der Waals surface area contributed by atoms with Crippen molar-refractivity contribution in [2.45, 2.75) is 19.8 Å². The van der Waals surface area contributed by atoms with Crippen molar-refractivity contribution in [1.29, 1.82) is 0 Å². The van der Waals surface area contributed by atoms with Gasteiger partial charge in [0.05, 0.1) is 5.02 Å². The molecule has 0 radical (unpaired) electrons. The Balaban J connectivity index is 2.58. The molecule has 0 saturated carbocycles. The molecule has 0 aliphatic heterocycles. The van der Waals surface area contributed by atoms with Crippen molar-refractivity contribution in [1.82, 2.24) is 0 Å². The highest BCUT2D eigenvalue weighted by atomic mass is 35.5. The van der Waals surface area contributed by atoms with Gasteiger partial charge in [-0.2, -0.15) is 0 Å². The lowest BCUT2D eigenvalue weighted by atomic mass is 10.3. The highest BCUT2D eigenvalue weighted by Gasteiger charge is 2.01. The summed E-state index contributed by atoms with van der Waals surface area (Å²) in [5.41, 5.74) is 5.39. The molecule has 1 rings (SSSR count). The number of rotatable bonds is 3. The topological polar surface area (TPSA) is 26.0 Å². The van der Waals surface area contributed by atoms with E-state index in [-0.39, 0.29) is 0 Å². The van der Waals surface area contributed by atoms with Gasteiger partial charge < -0.3 is 5.73 Å². The standard InChI is InChI=1S/C8H12ClNS/c1-6-8(9)5-7(11-6)3-2-4-10/h5H,2-4,10H2,1H3. The van der Waals surface area contributed by atoms with Gasteiger partial charge in [0, 0.05) is 9.75 Å². The van der Waals surface area contributed by atoms with Gasteiger partial charge in [-0.25, -0.2) is 0 Å². The number of halogens is 1. The highest BCUT2D eigenvalue weighted by molar-refractivity contribution is 7.12. The van der Waals surface area contributed by atoms with E-state index in [2.05, 4.69) is 0 Å². The zero-order chi connectivity index (χ0) is 8.27. The third-order valence-corrected chi connectivity index (χ3v) is 3.15. The van der Waals surface area contributed by atoms with Crippen LogP contribution in [0.4, 0.5) is 0 Å².